The van der Waals surface area contributed by atoms with Gasteiger partial charge >= 0.3 is 0 Å². The number of hydrogen-bond acceptors (Lipinski definition) is 3. The summed E-state index contributed by atoms with van der Waals surface area (Å²) in [4.78, 5) is 0. The van der Waals surface area contributed by atoms with Crippen LogP contribution in [0.5, 0.6) is 0 Å². The van der Waals surface area contributed by atoms with Crippen LogP contribution in [0.4, 0.5) is 0 Å². The number of hydrogen-bond donors (Lipinski definition) is 1. The van der Waals surface area contributed by atoms with Crippen molar-refractivity contribution in [3.8, 4) is 0 Å². The third kappa shape index (κ3) is 3.05. The number of rotatable bonds is 5. The van der Waals surface area contributed by atoms with Crippen LogP contribution in [-0.2, 0) is 10.0 Å². The lowest BCUT2D eigenvalue weighted by Gasteiger charge is -2.49. The predicted octanol–water partition coefficient (Wildman–Crippen LogP) is 1.79. The van der Waals surface area contributed by atoms with Crippen LogP contribution < -0.4 is 5.73 Å². The van der Waals surface area contributed by atoms with E-state index in [-0.39, 0.29) is 17.2 Å². The number of nitrogens with zero attached hydrogens (tertiary/aromatic N) is 1. The van der Waals surface area contributed by atoms with E-state index in [2.05, 4.69) is 0 Å². The van der Waals surface area contributed by atoms with Gasteiger partial charge in [-0.25, -0.2) is 8.42 Å². The molecule has 0 aliphatic carbocycles. The molecule has 0 radical (unpaired) electrons. The quantitative estimate of drug-likeness (QED) is 0.901. The maximum absolute atomic E-state index is 12.4. The van der Waals surface area contributed by atoms with E-state index in [1.165, 1.54) is 4.31 Å². The molecule has 1 atom stereocenters. The molecule has 1 aliphatic rings. The molecule has 1 aliphatic heterocycles. The Bertz CT molecular complexity index is 548. The molecule has 1 unspecified atom stereocenters. The zero-order chi connectivity index (χ0) is 15.0. The smallest absolute Gasteiger partial charge is 0.214 e. The van der Waals surface area contributed by atoms with Gasteiger partial charge in [-0.3, -0.25) is 0 Å². The van der Waals surface area contributed by atoms with Crippen LogP contribution in [0.25, 0.3) is 0 Å². The molecule has 5 heteroatoms. The van der Waals surface area contributed by atoms with Crippen molar-refractivity contribution in [1.29, 1.82) is 0 Å². The summed E-state index contributed by atoms with van der Waals surface area (Å²) in [5.74, 6) is 0.430. The molecule has 1 aromatic rings. The monoisotopic (exact) mass is 296 g/mol. The fraction of sp³-hybridized carbons (Fsp3) is 0.600. The Kier molecular flexibility index (Phi) is 4.23. The van der Waals surface area contributed by atoms with Crippen molar-refractivity contribution in [1.82, 2.24) is 4.31 Å². The van der Waals surface area contributed by atoms with Crippen molar-refractivity contribution in [2.24, 2.45) is 11.7 Å². The summed E-state index contributed by atoms with van der Waals surface area (Å²) in [5.41, 5.74) is 6.87. The van der Waals surface area contributed by atoms with E-state index in [4.69, 9.17) is 5.73 Å². The van der Waals surface area contributed by atoms with E-state index in [0.717, 1.165) is 5.56 Å². The van der Waals surface area contributed by atoms with Crippen molar-refractivity contribution in [2.45, 2.75) is 32.2 Å². The van der Waals surface area contributed by atoms with E-state index >= 15 is 0 Å². The Morgan fingerprint density at radius 3 is 2.25 bits per heavy atom. The van der Waals surface area contributed by atoms with Crippen LogP contribution >= 0.6 is 0 Å². The summed E-state index contributed by atoms with van der Waals surface area (Å²) in [6.07, 6.45) is 0. The summed E-state index contributed by atoms with van der Waals surface area (Å²) in [5, 5.41) is 0. The van der Waals surface area contributed by atoms with Crippen molar-refractivity contribution >= 4 is 10.0 Å². The van der Waals surface area contributed by atoms with Gasteiger partial charge in [0.25, 0.3) is 0 Å². The van der Waals surface area contributed by atoms with E-state index < -0.39 is 10.0 Å². The fourth-order valence-corrected chi connectivity index (χ4v) is 4.38. The Labute approximate surface area is 122 Å². The largest absolute Gasteiger partial charge is 0.323 e. The Balaban J connectivity index is 2.00. The molecule has 2 rings (SSSR count). The normalized spacial score (nSPS) is 20.6. The van der Waals surface area contributed by atoms with Crippen LogP contribution in [0, 0.1) is 5.92 Å². The molecule has 0 amide bonds. The first-order valence-electron chi connectivity index (χ1n) is 7.06. The average molecular weight is 296 g/mol. The molecule has 0 spiro atoms. The van der Waals surface area contributed by atoms with Gasteiger partial charge in [-0.1, -0.05) is 51.1 Å². The minimum absolute atomic E-state index is 0.00646. The second kappa shape index (κ2) is 5.47. The molecular weight excluding hydrogens is 272 g/mol. The minimum Gasteiger partial charge on any atom is -0.323 e. The van der Waals surface area contributed by atoms with Gasteiger partial charge in [0, 0.05) is 18.6 Å². The van der Waals surface area contributed by atoms with Crippen LogP contribution in [0.2, 0.25) is 0 Å². The molecule has 4 nitrogen and oxygen atoms in total. The fourth-order valence-electron chi connectivity index (χ4n) is 2.47. The summed E-state index contributed by atoms with van der Waals surface area (Å²) in [6.45, 7) is 6.90. The van der Waals surface area contributed by atoms with Gasteiger partial charge in [0.2, 0.25) is 10.0 Å². The molecule has 1 aromatic carbocycles. The number of benzene rings is 1. The summed E-state index contributed by atoms with van der Waals surface area (Å²) in [6, 6.07) is 9.75. The molecule has 1 saturated heterocycles. The Hall–Kier alpha value is -0.910. The SMILES string of the molecule is CC(CS(=O)(=O)N1CC(N)(C(C)C)C1)c1ccccc1. The molecule has 112 valence electrons. The predicted molar refractivity (Wildman–Crippen MR) is 82.0 cm³/mol. The van der Waals surface area contributed by atoms with Gasteiger partial charge in [0.15, 0.2) is 0 Å². The highest BCUT2D eigenvalue weighted by Crippen LogP contribution is 2.30. The van der Waals surface area contributed by atoms with E-state index in [1.807, 2.05) is 51.1 Å². The average Bonchev–Trinajstić information content (AvgIpc) is 2.35. The van der Waals surface area contributed by atoms with Gasteiger partial charge in [-0.05, 0) is 17.4 Å². The maximum Gasteiger partial charge on any atom is 0.214 e. The van der Waals surface area contributed by atoms with E-state index in [0.29, 0.717) is 19.0 Å². The van der Waals surface area contributed by atoms with Crippen molar-refractivity contribution in [3.63, 3.8) is 0 Å². The number of nitrogens with two attached hydrogens (primary N) is 1. The molecular formula is C15H24N2O2S. The lowest BCUT2D eigenvalue weighted by molar-refractivity contribution is 0.110. The van der Waals surface area contributed by atoms with Crippen LogP contribution in [-0.4, -0.2) is 37.1 Å². The highest BCUT2D eigenvalue weighted by atomic mass is 32.2. The molecule has 0 bridgehead atoms. The molecule has 20 heavy (non-hydrogen) atoms. The van der Waals surface area contributed by atoms with Crippen molar-refractivity contribution < 1.29 is 8.42 Å². The lowest BCUT2D eigenvalue weighted by Crippen LogP contribution is -2.71. The van der Waals surface area contributed by atoms with E-state index in [1.54, 1.807) is 0 Å². The van der Waals surface area contributed by atoms with Gasteiger partial charge in [-0.15, -0.1) is 0 Å². The third-order valence-electron chi connectivity index (χ3n) is 4.31. The van der Waals surface area contributed by atoms with Crippen molar-refractivity contribution in [3.05, 3.63) is 35.9 Å². The van der Waals surface area contributed by atoms with Gasteiger partial charge < -0.3 is 5.73 Å². The van der Waals surface area contributed by atoms with Crippen LogP contribution in [0.3, 0.4) is 0 Å². The molecule has 0 aromatic heterocycles. The highest BCUT2D eigenvalue weighted by molar-refractivity contribution is 7.89. The van der Waals surface area contributed by atoms with Crippen molar-refractivity contribution in [2.75, 3.05) is 18.8 Å². The van der Waals surface area contributed by atoms with Gasteiger partial charge in [0.05, 0.1) is 5.75 Å². The molecule has 1 heterocycles. The molecule has 0 saturated carbocycles. The summed E-state index contributed by atoms with van der Waals surface area (Å²) < 4.78 is 26.3. The number of sulfonamides is 1. The second-order valence-corrected chi connectivity index (χ2v) is 8.26. The lowest BCUT2D eigenvalue weighted by atomic mass is 9.82. The highest BCUT2D eigenvalue weighted by Gasteiger charge is 2.47. The maximum atomic E-state index is 12.4. The third-order valence-corrected chi connectivity index (χ3v) is 6.28. The first-order valence-corrected chi connectivity index (χ1v) is 8.67. The van der Waals surface area contributed by atoms with E-state index in [9.17, 15) is 8.42 Å². The first kappa shape index (κ1) is 15.5. The topological polar surface area (TPSA) is 63.4 Å². The minimum atomic E-state index is -3.22. The summed E-state index contributed by atoms with van der Waals surface area (Å²) >= 11 is 0. The van der Waals surface area contributed by atoms with Crippen LogP contribution in [0.1, 0.15) is 32.3 Å². The Morgan fingerprint density at radius 1 is 1.20 bits per heavy atom. The summed E-state index contributed by atoms with van der Waals surface area (Å²) in [7, 11) is -3.22. The zero-order valence-electron chi connectivity index (χ0n) is 12.4. The molecule has 1 fully saturated rings. The molecule has 2 N–H and O–H groups in total. The van der Waals surface area contributed by atoms with Crippen LogP contribution in [0.15, 0.2) is 30.3 Å². The Morgan fingerprint density at radius 2 is 1.75 bits per heavy atom. The van der Waals surface area contributed by atoms with Gasteiger partial charge in [0.1, 0.15) is 0 Å². The first-order chi connectivity index (χ1) is 9.24. The standard InChI is InChI=1S/C15H24N2O2S/c1-12(2)15(16)10-17(11-15)20(18,19)9-13(3)14-7-5-4-6-8-14/h4-8,12-13H,9-11,16H2,1-3H3. The van der Waals surface area contributed by atoms with Gasteiger partial charge in [-0.2, -0.15) is 4.31 Å². The second-order valence-electron chi connectivity index (χ2n) is 6.25. The zero-order valence-corrected chi connectivity index (χ0v) is 13.2.